The molecule has 0 aliphatic heterocycles. The maximum absolute atomic E-state index is 12.1. The van der Waals surface area contributed by atoms with Crippen LogP contribution in [0.4, 0.5) is 4.79 Å². The molecule has 0 bridgehead atoms. The van der Waals surface area contributed by atoms with E-state index in [9.17, 15) is 9.59 Å². The van der Waals surface area contributed by atoms with E-state index >= 15 is 0 Å². The first kappa shape index (κ1) is 16.5. The molecule has 0 aromatic carbocycles. The van der Waals surface area contributed by atoms with Gasteiger partial charge in [-0.25, -0.2) is 9.59 Å². The first-order valence-corrected chi connectivity index (χ1v) is 7.50. The molecular formula is C14H22N2O3S. The molecule has 20 heavy (non-hydrogen) atoms. The van der Waals surface area contributed by atoms with Gasteiger partial charge < -0.3 is 15.3 Å². The lowest BCUT2D eigenvalue weighted by atomic mass is 10.0. The van der Waals surface area contributed by atoms with E-state index in [2.05, 4.69) is 5.32 Å². The molecule has 0 saturated heterocycles. The predicted octanol–water partition coefficient (Wildman–Crippen LogP) is 2.95. The van der Waals surface area contributed by atoms with Gasteiger partial charge in [0.1, 0.15) is 6.04 Å². The Labute approximate surface area is 123 Å². The standard InChI is InChI=1S/C14H22N2O3S/c1-9(2)8-11(13(17)18)15-14(19)16(4)10(3)12-6-5-7-20-12/h5-7,9-11H,8H2,1-4H3,(H,15,19)(H,17,18)/t10?,11-/m1/s1. The summed E-state index contributed by atoms with van der Waals surface area (Å²) in [5.74, 6) is -0.791. The van der Waals surface area contributed by atoms with Gasteiger partial charge in [-0.15, -0.1) is 11.3 Å². The second kappa shape index (κ2) is 7.28. The van der Waals surface area contributed by atoms with E-state index in [0.717, 1.165) is 4.88 Å². The van der Waals surface area contributed by atoms with Crippen LogP contribution >= 0.6 is 11.3 Å². The second-order valence-electron chi connectivity index (χ2n) is 5.27. The van der Waals surface area contributed by atoms with Crippen molar-refractivity contribution in [3.63, 3.8) is 0 Å². The van der Waals surface area contributed by atoms with Crippen LogP contribution in [0.1, 0.15) is 38.1 Å². The number of carboxylic acids is 1. The van der Waals surface area contributed by atoms with Crippen LogP contribution in [-0.4, -0.2) is 35.1 Å². The first-order chi connectivity index (χ1) is 9.32. The highest BCUT2D eigenvalue weighted by Crippen LogP contribution is 2.23. The molecule has 2 amide bonds. The molecule has 1 heterocycles. The monoisotopic (exact) mass is 298 g/mol. The van der Waals surface area contributed by atoms with Gasteiger partial charge in [-0.3, -0.25) is 0 Å². The van der Waals surface area contributed by atoms with Crippen molar-refractivity contribution in [2.75, 3.05) is 7.05 Å². The molecule has 6 heteroatoms. The zero-order chi connectivity index (χ0) is 15.3. The molecule has 0 saturated carbocycles. The van der Waals surface area contributed by atoms with Crippen LogP contribution in [0.15, 0.2) is 17.5 Å². The zero-order valence-electron chi connectivity index (χ0n) is 12.3. The average Bonchev–Trinajstić information content (AvgIpc) is 2.89. The van der Waals surface area contributed by atoms with E-state index in [1.54, 1.807) is 18.4 Å². The van der Waals surface area contributed by atoms with Gasteiger partial charge >= 0.3 is 12.0 Å². The third-order valence-electron chi connectivity index (χ3n) is 3.16. The smallest absolute Gasteiger partial charge is 0.326 e. The minimum atomic E-state index is -0.996. The number of nitrogens with one attached hydrogen (secondary N) is 1. The Kier molecular flexibility index (Phi) is 6.01. The van der Waals surface area contributed by atoms with Crippen LogP contribution in [0.3, 0.4) is 0 Å². The van der Waals surface area contributed by atoms with Crippen LogP contribution in [-0.2, 0) is 4.79 Å². The van der Waals surface area contributed by atoms with Gasteiger partial charge in [0.25, 0.3) is 0 Å². The Balaban J connectivity index is 2.66. The SMILES string of the molecule is CC(C)C[C@@H](NC(=O)N(C)C(C)c1cccs1)C(=O)O. The molecule has 0 fully saturated rings. The molecule has 2 N–H and O–H groups in total. The van der Waals surface area contributed by atoms with Crippen LogP contribution in [0.25, 0.3) is 0 Å². The highest BCUT2D eigenvalue weighted by atomic mass is 32.1. The van der Waals surface area contributed by atoms with Crippen molar-refractivity contribution in [3.05, 3.63) is 22.4 Å². The summed E-state index contributed by atoms with van der Waals surface area (Å²) in [5.41, 5.74) is 0. The van der Waals surface area contributed by atoms with E-state index in [-0.39, 0.29) is 18.0 Å². The van der Waals surface area contributed by atoms with E-state index in [0.29, 0.717) is 6.42 Å². The quantitative estimate of drug-likeness (QED) is 0.848. The number of carbonyl (C=O) groups is 2. The minimum absolute atomic E-state index is 0.0801. The Bertz CT molecular complexity index is 445. The molecule has 5 nitrogen and oxygen atoms in total. The van der Waals surface area contributed by atoms with Crippen molar-refractivity contribution in [1.82, 2.24) is 10.2 Å². The molecule has 0 spiro atoms. The number of hydrogen-bond donors (Lipinski definition) is 2. The molecule has 1 aromatic rings. The summed E-state index contributed by atoms with van der Waals surface area (Å²) >= 11 is 1.57. The number of carboxylic acid groups (broad SMARTS) is 1. The van der Waals surface area contributed by atoms with Crippen molar-refractivity contribution in [2.24, 2.45) is 5.92 Å². The summed E-state index contributed by atoms with van der Waals surface area (Å²) < 4.78 is 0. The number of rotatable bonds is 6. The molecule has 2 atom stereocenters. The molecule has 0 aliphatic rings. The predicted molar refractivity (Wildman–Crippen MR) is 79.9 cm³/mol. The zero-order valence-corrected chi connectivity index (χ0v) is 13.1. The van der Waals surface area contributed by atoms with Crippen LogP contribution in [0, 0.1) is 5.92 Å². The fraction of sp³-hybridized carbons (Fsp3) is 0.571. The van der Waals surface area contributed by atoms with E-state index < -0.39 is 12.0 Å². The molecule has 1 rings (SSSR count). The van der Waals surface area contributed by atoms with Crippen molar-refractivity contribution < 1.29 is 14.7 Å². The summed E-state index contributed by atoms with van der Waals surface area (Å²) in [5, 5.41) is 13.7. The largest absolute Gasteiger partial charge is 0.480 e. The van der Waals surface area contributed by atoms with Crippen LogP contribution < -0.4 is 5.32 Å². The third-order valence-corrected chi connectivity index (χ3v) is 4.20. The van der Waals surface area contributed by atoms with Gasteiger partial charge in [-0.1, -0.05) is 19.9 Å². The molecule has 1 aromatic heterocycles. The van der Waals surface area contributed by atoms with Gasteiger partial charge in [0.2, 0.25) is 0 Å². The fourth-order valence-corrected chi connectivity index (χ4v) is 2.67. The van der Waals surface area contributed by atoms with Gasteiger partial charge in [-0.05, 0) is 30.7 Å². The van der Waals surface area contributed by atoms with Crippen molar-refractivity contribution in [2.45, 2.75) is 39.3 Å². The van der Waals surface area contributed by atoms with Gasteiger partial charge in [0.15, 0.2) is 0 Å². The molecule has 0 radical (unpaired) electrons. The molecule has 112 valence electrons. The van der Waals surface area contributed by atoms with E-state index in [4.69, 9.17) is 5.11 Å². The second-order valence-corrected chi connectivity index (χ2v) is 6.25. The Hall–Kier alpha value is -1.56. The number of hydrogen-bond acceptors (Lipinski definition) is 3. The van der Waals surface area contributed by atoms with Crippen molar-refractivity contribution in [3.8, 4) is 0 Å². The van der Waals surface area contributed by atoms with Gasteiger partial charge in [0, 0.05) is 11.9 Å². The van der Waals surface area contributed by atoms with Crippen molar-refractivity contribution in [1.29, 1.82) is 0 Å². The highest BCUT2D eigenvalue weighted by molar-refractivity contribution is 7.10. The number of thiophene rings is 1. The Morgan fingerprint density at radius 1 is 1.40 bits per heavy atom. The molecule has 0 aliphatic carbocycles. The first-order valence-electron chi connectivity index (χ1n) is 6.62. The van der Waals surface area contributed by atoms with Crippen molar-refractivity contribution >= 4 is 23.3 Å². The lowest BCUT2D eigenvalue weighted by molar-refractivity contribution is -0.139. The molecular weight excluding hydrogens is 276 g/mol. The average molecular weight is 298 g/mol. The Morgan fingerprint density at radius 3 is 2.50 bits per heavy atom. The highest BCUT2D eigenvalue weighted by Gasteiger charge is 2.25. The van der Waals surface area contributed by atoms with E-state index in [1.165, 1.54) is 4.90 Å². The van der Waals surface area contributed by atoms with Crippen LogP contribution in [0.5, 0.6) is 0 Å². The normalized spacial score (nSPS) is 13.8. The summed E-state index contributed by atoms with van der Waals surface area (Å²) in [4.78, 5) is 25.9. The minimum Gasteiger partial charge on any atom is -0.480 e. The topological polar surface area (TPSA) is 69.6 Å². The van der Waals surface area contributed by atoms with Gasteiger partial charge in [-0.2, -0.15) is 0 Å². The summed E-state index contributed by atoms with van der Waals surface area (Å²) in [6.45, 7) is 5.78. The maximum atomic E-state index is 12.1. The van der Waals surface area contributed by atoms with Crippen LogP contribution in [0.2, 0.25) is 0 Å². The number of carbonyl (C=O) groups excluding carboxylic acids is 1. The number of amides is 2. The van der Waals surface area contributed by atoms with Gasteiger partial charge in [0.05, 0.1) is 6.04 Å². The maximum Gasteiger partial charge on any atom is 0.326 e. The van der Waals surface area contributed by atoms with E-state index in [1.807, 2.05) is 38.3 Å². The number of nitrogens with zero attached hydrogens (tertiary/aromatic N) is 1. The summed E-state index contributed by atoms with van der Waals surface area (Å²) in [6.07, 6.45) is 0.419. The summed E-state index contributed by atoms with van der Waals surface area (Å²) in [7, 11) is 1.67. The molecule has 1 unspecified atom stereocenters. The fourth-order valence-electron chi connectivity index (χ4n) is 1.84. The lowest BCUT2D eigenvalue weighted by Crippen LogP contribution is -2.47. The lowest BCUT2D eigenvalue weighted by Gasteiger charge is -2.26. The third kappa shape index (κ3) is 4.52. The summed E-state index contributed by atoms with van der Waals surface area (Å²) in [6, 6.07) is 2.60. The number of aliphatic carboxylic acids is 1. The Morgan fingerprint density at radius 2 is 2.05 bits per heavy atom. The number of urea groups is 1.